The molecule has 0 spiro atoms. The lowest BCUT2D eigenvalue weighted by Crippen LogP contribution is -2.10. The molecule has 1 unspecified atom stereocenters. The van der Waals surface area contributed by atoms with Gasteiger partial charge in [-0.3, -0.25) is 0 Å². The Morgan fingerprint density at radius 1 is 0.434 bits per heavy atom. The Labute approximate surface area is 309 Å². The highest BCUT2D eigenvalue weighted by molar-refractivity contribution is 6.27. The molecule has 0 saturated heterocycles. The number of unbranched alkanes of at least 4 members (excludes halogenated alkanes) is 1. The highest BCUT2D eigenvalue weighted by Crippen LogP contribution is 2.43. The van der Waals surface area contributed by atoms with Crippen molar-refractivity contribution in [3.05, 3.63) is 146 Å². The van der Waals surface area contributed by atoms with E-state index < -0.39 is 0 Å². The van der Waals surface area contributed by atoms with Gasteiger partial charge in [0, 0.05) is 28.4 Å². The first kappa shape index (κ1) is 30.7. The second-order valence-electron chi connectivity index (χ2n) is 15.4. The molecule has 0 aliphatic rings. The van der Waals surface area contributed by atoms with Gasteiger partial charge < -0.3 is 4.57 Å². The van der Waals surface area contributed by atoms with E-state index in [2.05, 4.69) is 164 Å². The van der Waals surface area contributed by atoms with Gasteiger partial charge >= 0.3 is 0 Å². The first-order valence-electron chi connectivity index (χ1n) is 19.6. The second kappa shape index (κ2) is 11.8. The van der Waals surface area contributed by atoms with E-state index in [0.717, 1.165) is 6.54 Å². The maximum absolute atomic E-state index is 2.67. The summed E-state index contributed by atoms with van der Waals surface area (Å²) in [5, 5.41) is 18.7. The molecule has 0 aliphatic carbocycles. The zero-order valence-corrected chi connectivity index (χ0v) is 30.4. The molecule has 0 N–H and O–H groups in total. The zero-order chi connectivity index (χ0) is 35.2. The number of aromatic nitrogens is 1. The third kappa shape index (κ3) is 4.56. The molecule has 53 heavy (non-hydrogen) atoms. The lowest BCUT2D eigenvalue weighted by atomic mass is 9.89. The Morgan fingerprint density at radius 3 is 1.30 bits per heavy atom. The first-order chi connectivity index (χ1) is 26.2. The molecule has 254 valence electrons. The van der Waals surface area contributed by atoms with Crippen LogP contribution in [0.15, 0.2) is 146 Å². The highest BCUT2D eigenvalue weighted by atomic mass is 15.0. The van der Waals surface area contributed by atoms with Gasteiger partial charge in [-0.2, -0.15) is 0 Å². The third-order valence-corrected chi connectivity index (χ3v) is 12.5. The number of hydrogen-bond acceptors (Lipinski definition) is 0. The Kier molecular flexibility index (Phi) is 6.83. The summed E-state index contributed by atoms with van der Waals surface area (Å²) in [5.41, 5.74) is 7.86. The fourth-order valence-electron chi connectivity index (χ4n) is 9.78. The molecule has 0 saturated carbocycles. The Balaban J connectivity index is 1.14. The van der Waals surface area contributed by atoms with E-state index in [0.29, 0.717) is 5.92 Å². The van der Waals surface area contributed by atoms with E-state index in [4.69, 9.17) is 0 Å². The molecule has 0 radical (unpaired) electrons. The molecule has 1 atom stereocenters. The molecule has 0 bridgehead atoms. The fourth-order valence-corrected chi connectivity index (χ4v) is 9.78. The molecule has 11 rings (SSSR count). The number of rotatable bonds is 8. The van der Waals surface area contributed by atoms with Crippen LogP contribution < -0.4 is 0 Å². The summed E-state index contributed by atoms with van der Waals surface area (Å²) in [6, 6.07) is 55.6. The van der Waals surface area contributed by atoms with Gasteiger partial charge in [-0.25, -0.2) is 0 Å². The summed E-state index contributed by atoms with van der Waals surface area (Å²) in [6.45, 7) is 5.72. The summed E-state index contributed by atoms with van der Waals surface area (Å²) < 4.78 is 2.67. The van der Waals surface area contributed by atoms with E-state index >= 15 is 0 Å². The lowest BCUT2D eigenvalue weighted by Gasteiger charge is -2.18. The summed E-state index contributed by atoms with van der Waals surface area (Å²) in [4.78, 5) is 0. The highest BCUT2D eigenvalue weighted by Gasteiger charge is 2.19. The summed E-state index contributed by atoms with van der Waals surface area (Å²) in [7, 11) is 0. The SMILES string of the molecule is CCCCC(CC)Cn1c2cc(-c3ccc4ccc5cccc6ccc3c4c56)ccc2c2ccc(-c3ccc4ccc5cccc6ccc3c4c56)cc21. The smallest absolute Gasteiger partial charge is 0.0497 e. The van der Waals surface area contributed by atoms with Gasteiger partial charge in [0.25, 0.3) is 0 Å². The van der Waals surface area contributed by atoms with Crippen molar-refractivity contribution in [2.24, 2.45) is 5.92 Å². The predicted octanol–water partition coefficient (Wildman–Crippen LogP) is 15.1. The number of hydrogen-bond donors (Lipinski definition) is 0. The first-order valence-corrected chi connectivity index (χ1v) is 19.6. The molecule has 1 heterocycles. The van der Waals surface area contributed by atoms with E-state index in [-0.39, 0.29) is 0 Å². The molecule has 1 nitrogen and oxygen atoms in total. The van der Waals surface area contributed by atoms with Gasteiger partial charge in [-0.1, -0.05) is 167 Å². The maximum Gasteiger partial charge on any atom is 0.0497 e. The van der Waals surface area contributed by atoms with Crippen LogP contribution in [0, 0.1) is 5.92 Å². The van der Waals surface area contributed by atoms with Crippen molar-refractivity contribution in [3.8, 4) is 22.3 Å². The van der Waals surface area contributed by atoms with E-state index in [9.17, 15) is 0 Å². The quantitative estimate of drug-likeness (QED) is 0.141. The normalized spacial score (nSPS) is 13.0. The number of nitrogens with zero attached hydrogens (tertiary/aromatic N) is 1. The van der Waals surface area contributed by atoms with Gasteiger partial charge in [0.1, 0.15) is 0 Å². The molecule has 0 fully saturated rings. The van der Waals surface area contributed by atoms with Crippen molar-refractivity contribution in [1.29, 1.82) is 0 Å². The van der Waals surface area contributed by atoms with Crippen molar-refractivity contribution < 1.29 is 0 Å². The molecule has 0 amide bonds. The van der Waals surface area contributed by atoms with Gasteiger partial charge in [0.15, 0.2) is 0 Å². The molecular formula is C52H41N. The van der Waals surface area contributed by atoms with E-state index in [1.807, 2.05) is 0 Å². The molecular weight excluding hydrogens is 639 g/mol. The Morgan fingerprint density at radius 2 is 0.849 bits per heavy atom. The van der Waals surface area contributed by atoms with Crippen molar-refractivity contribution in [3.63, 3.8) is 0 Å². The zero-order valence-electron chi connectivity index (χ0n) is 30.4. The molecule has 0 aliphatic heterocycles. The van der Waals surface area contributed by atoms with E-state index in [1.54, 1.807) is 0 Å². The monoisotopic (exact) mass is 679 g/mol. The van der Waals surface area contributed by atoms with Crippen LogP contribution in [0.5, 0.6) is 0 Å². The topological polar surface area (TPSA) is 4.93 Å². The van der Waals surface area contributed by atoms with Crippen molar-refractivity contribution in [2.75, 3.05) is 0 Å². The van der Waals surface area contributed by atoms with Crippen molar-refractivity contribution in [2.45, 2.75) is 46.1 Å². The third-order valence-electron chi connectivity index (χ3n) is 12.5. The number of fused-ring (bicyclic) bond motifs is 3. The fraction of sp³-hybridized carbons (Fsp3) is 0.154. The van der Waals surface area contributed by atoms with Crippen molar-refractivity contribution in [1.82, 2.24) is 4.57 Å². The van der Waals surface area contributed by atoms with Crippen LogP contribution in [0.25, 0.3) is 109 Å². The van der Waals surface area contributed by atoms with Gasteiger partial charge in [-0.05, 0) is 111 Å². The van der Waals surface area contributed by atoms with Crippen LogP contribution in [0.1, 0.15) is 39.5 Å². The largest absolute Gasteiger partial charge is 0.340 e. The minimum atomic E-state index is 0.630. The van der Waals surface area contributed by atoms with Crippen LogP contribution in [-0.4, -0.2) is 4.57 Å². The van der Waals surface area contributed by atoms with Gasteiger partial charge in [0.05, 0.1) is 0 Å². The maximum atomic E-state index is 2.67. The number of benzene rings is 10. The second-order valence-corrected chi connectivity index (χ2v) is 15.4. The summed E-state index contributed by atoms with van der Waals surface area (Å²) >= 11 is 0. The van der Waals surface area contributed by atoms with E-state index in [1.165, 1.54) is 134 Å². The minimum absolute atomic E-state index is 0.630. The van der Waals surface area contributed by atoms with Gasteiger partial charge in [0.2, 0.25) is 0 Å². The van der Waals surface area contributed by atoms with Crippen LogP contribution >= 0.6 is 0 Å². The molecule has 10 aromatic carbocycles. The summed E-state index contributed by atoms with van der Waals surface area (Å²) in [6.07, 6.45) is 4.96. The average molecular weight is 680 g/mol. The van der Waals surface area contributed by atoms with Gasteiger partial charge in [-0.15, -0.1) is 0 Å². The predicted molar refractivity (Wildman–Crippen MR) is 231 cm³/mol. The summed E-state index contributed by atoms with van der Waals surface area (Å²) in [5.74, 6) is 0.630. The molecule has 1 aromatic heterocycles. The van der Waals surface area contributed by atoms with Crippen LogP contribution in [0.3, 0.4) is 0 Å². The average Bonchev–Trinajstić information content (AvgIpc) is 3.51. The molecule has 1 heteroatoms. The lowest BCUT2D eigenvalue weighted by molar-refractivity contribution is 0.401. The van der Waals surface area contributed by atoms with Crippen LogP contribution in [0.4, 0.5) is 0 Å². The Bertz CT molecular complexity index is 2940. The Hall–Kier alpha value is -5.92. The minimum Gasteiger partial charge on any atom is -0.340 e. The standard InChI is InChI=1S/C52H41N/c1-3-5-8-32(4-2)31-53-47-29-39(41-23-17-37-15-13-33-9-6-11-35-19-27-45(41)51(37)49(33)35)21-25-43(47)44-26-22-40(30-48(44)53)42-24-18-38-16-14-34-10-7-12-36-20-28-46(42)52(38)50(34)36/h6-7,9-30,32H,3-5,8,31H2,1-2H3. The van der Waals surface area contributed by atoms with Crippen LogP contribution in [0.2, 0.25) is 0 Å². The molecule has 11 aromatic rings. The van der Waals surface area contributed by atoms with Crippen molar-refractivity contribution >= 4 is 86.4 Å². The van der Waals surface area contributed by atoms with Crippen LogP contribution in [-0.2, 0) is 6.54 Å².